The van der Waals surface area contributed by atoms with E-state index in [9.17, 15) is 9.59 Å². The highest BCUT2D eigenvalue weighted by Crippen LogP contribution is 2.33. The number of nitrogens with zero attached hydrogens (tertiary/aromatic N) is 3. The summed E-state index contributed by atoms with van der Waals surface area (Å²) in [6, 6.07) is 9.51. The highest BCUT2D eigenvalue weighted by molar-refractivity contribution is 7.10. The monoisotopic (exact) mass is 379 g/mol. The Labute approximate surface area is 158 Å². The van der Waals surface area contributed by atoms with Crippen molar-refractivity contribution < 1.29 is 9.21 Å². The highest BCUT2D eigenvalue weighted by Gasteiger charge is 2.28. The molecule has 0 bridgehead atoms. The molecule has 6 nitrogen and oxygen atoms in total. The van der Waals surface area contributed by atoms with Crippen LogP contribution in [0.25, 0.3) is 22.1 Å². The predicted octanol–water partition coefficient (Wildman–Crippen LogP) is 3.35. The van der Waals surface area contributed by atoms with Crippen LogP contribution >= 0.6 is 11.3 Å². The Morgan fingerprint density at radius 3 is 3.07 bits per heavy atom. The van der Waals surface area contributed by atoms with Gasteiger partial charge in [-0.25, -0.2) is 4.98 Å². The number of fused-ring (bicyclic) bond motifs is 4. The molecule has 7 heteroatoms. The average molecular weight is 379 g/mol. The molecular formula is C20H17N3O3S. The first-order chi connectivity index (χ1) is 13.1. The van der Waals surface area contributed by atoms with Gasteiger partial charge in [0.2, 0.25) is 11.5 Å². The van der Waals surface area contributed by atoms with Gasteiger partial charge in [-0.1, -0.05) is 12.1 Å². The minimum Gasteiger partial charge on any atom is -0.448 e. The minimum absolute atomic E-state index is 0.0195. The first-order valence-electron chi connectivity index (χ1n) is 8.86. The summed E-state index contributed by atoms with van der Waals surface area (Å²) < 4.78 is 7.02. The Morgan fingerprint density at radius 2 is 2.19 bits per heavy atom. The van der Waals surface area contributed by atoms with Crippen LogP contribution < -0.4 is 5.56 Å². The number of furan rings is 1. The third-order valence-corrected chi connectivity index (χ3v) is 6.25. The van der Waals surface area contributed by atoms with Crippen LogP contribution in [-0.2, 0) is 17.8 Å². The van der Waals surface area contributed by atoms with Crippen LogP contribution in [0.4, 0.5) is 0 Å². The van der Waals surface area contributed by atoms with Crippen molar-refractivity contribution in [2.45, 2.75) is 25.9 Å². The van der Waals surface area contributed by atoms with Crippen molar-refractivity contribution in [3.63, 3.8) is 0 Å². The summed E-state index contributed by atoms with van der Waals surface area (Å²) in [5.41, 5.74) is 2.23. The highest BCUT2D eigenvalue weighted by atomic mass is 32.1. The predicted molar refractivity (Wildman–Crippen MR) is 104 cm³/mol. The molecule has 4 aromatic rings. The molecule has 1 amide bonds. The molecule has 136 valence electrons. The van der Waals surface area contributed by atoms with Crippen LogP contribution in [0.2, 0.25) is 0 Å². The van der Waals surface area contributed by atoms with E-state index in [0.717, 1.165) is 11.8 Å². The van der Waals surface area contributed by atoms with Crippen molar-refractivity contribution in [2.24, 2.45) is 0 Å². The second-order valence-electron chi connectivity index (χ2n) is 6.77. The second kappa shape index (κ2) is 6.06. The zero-order valence-electron chi connectivity index (χ0n) is 14.7. The second-order valence-corrected chi connectivity index (χ2v) is 7.77. The molecule has 0 saturated heterocycles. The van der Waals surface area contributed by atoms with Crippen molar-refractivity contribution in [3.05, 3.63) is 62.8 Å². The van der Waals surface area contributed by atoms with Gasteiger partial charge in [-0.05, 0) is 42.5 Å². The van der Waals surface area contributed by atoms with E-state index in [2.05, 4.69) is 16.4 Å². The van der Waals surface area contributed by atoms with Gasteiger partial charge in [-0.2, -0.15) is 0 Å². The Hall–Kier alpha value is -2.93. The summed E-state index contributed by atoms with van der Waals surface area (Å²) in [7, 11) is 0. The van der Waals surface area contributed by atoms with Gasteiger partial charge in [0.15, 0.2) is 0 Å². The lowest BCUT2D eigenvalue weighted by Gasteiger charge is -2.33. The summed E-state index contributed by atoms with van der Waals surface area (Å²) in [6.45, 7) is 2.66. The van der Waals surface area contributed by atoms with Gasteiger partial charge in [0, 0.05) is 16.8 Å². The van der Waals surface area contributed by atoms with Crippen LogP contribution in [0.1, 0.15) is 23.4 Å². The number of hydrogen-bond acceptors (Lipinski definition) is 5. The van der Waals surface area contributed by atoms with Crippen molar-refractivity contribution in [1.29, 1.82) is 0 Å². The molecular weight excluding hydrogens is 362 g/mol. The van der Waals surface area contributed by atoms with Crippen molar-refractivity contribution >= 4 is 39.3 Å². The molecule has 0 aliphatic carbocycles. The number of aromatic nitrogens is 2. The SMILES string of the molecule is C[C@H]1c2ccsc2CCN1C(=O)Cn1cnc2c(oc3ccccc32)c1=O. The summed E-state index contributed by atoms with van der Waals surface area (Å²) in [6.07, 6.45) is 2.30. The Bertz CT molecular complexity index is 1240. The van der Waals surface area contributed by atoms with Crippen LogP contribution in [-0.4, -0.2) is 26.9 Å². The molecule has 4 heterocycles. The molecule has 0 fully saturated rings. The Morgan fingerprint density at radius 1 is 1.33 bits per heavy atom. The fraction of sp³-hybridized carbons (Fsp3) is 0.250. The molecule has 5 rings (SSSR count). The van der Waals surface area contributed by atoms with Crippen LogP contribution in [0, 0.1) is 0 Å². The number of amides is 1. The number of carbonyl (C=O) groups is 1. The number of rotatable bonds is 2. The van der Waals surface area contributed by atoms with Gasteiger partial charge in [0.25, 0.3) is 5.56 Å². The van der Waals surface area contributed by atoms with E-state index in [1.54, 1.807) is 17.4 Å². The molecule has 1 aliphatic rings. The van der Waals surface area contributed by atoms with E-state index in [0.29, 0.717) is 17.6 Å². The van der Waals surface area contributed by atoms with E-state index in [1.165, 1.54) is 21.3 Å². The standard InChI is InChI=1S/C20H17N3O3S/c1-12-13-7-9-27-16(13)6-8-23(12)17(24)10-22-11-21-18-14-4-2-3-5-15(14)26-19(18)20(22)25/h2-5,7,9,11-12H,6,8,10H2,1H3/t12-/m0/s1. The molecule has 1 atom stereocenters. The lowest BCUT2D eigenvalue weighted by atomic mass is 10.0. The first kappa shape index (κ1) is 16.3. The molecule has 0 N–H and O–H groups in total. The van der Waals surface area contributed by atoms with Crippen molar-refractivity contribution in [1.82, 2.24) is 14.5 Å². The lowest BCUT2D eigenvalue weighted by molar-refractivity contribution is -0.134. The zero-order chi connectivity index (χ0) is 18.5. The van der Waals surface area contributed by atoms with E-state index < -0.39 is 0 Å². The zero-order valence-corrected chi connectivity index (χ0v) is 15.5. The molecule has 0 unspecified atom stereocenters. The number of hydrogen-bond donors (Lipinski definition) is 0. The van der Waals surface area contributed by atoms with E-state index >= 15 is 0 Å². The smallest absolute Gasteiger partial charge is 0.297 e. The van der Waals surface area contributed by atoms with Crippen LogP contribution in [0.15, 0.2) is 51.3 Å². The van der Waals surface area contributed by atoms with Gasteiger partial charge >= 0.3 is 0 Å². The molecule has 3 aromatic heterocycles. The first-order valence-corrected chi connectivity index (χ1v) is 9.74. The van der Waals surface area contributed by atoms with Gasteiger partial charge in [0.05, 0.1) is 12.4 Å². The summed E-state index contributed by atoms with van der Waals surface area (Å²) in [5.74, 6) is -0.0845. The molecule has 0 radical (unpaired) electrons. The Balaban J connectivity index is 1.48. The third kappa shape index (κ3) is 2.49. The quantitative estimate of drug-likeness (QED) is 0.536. The van der Waals surface area contributed by atoms with E-state index in [-0.39, 0.29) is 29.6 Å². The van der Waals surface area contributed by atoms with Crippen molar-refractivity contribution in [3.8, 4) is 0 Å². The molecule has 27 heavy (non-hydrogen) atoms. The third-order valence-electron chi connectivity index (χ3n) is 5.25. The van der Waals surface area contributed by atoms with E-state index in [4.69, 9.17) is 4.42 Å². The molecule has 0 spiro atoms. The maximum Gasteiger partial charge on any atom is 0.297 e. The molecule has 0 saturated carbocycles. The van der Waals surface area contributed by atoms with Crippen molar-refractivity contribution in [2.75, 3.05) is 6.54 Å². The summed E-state index contributed by atoms with van der Waals surface area (Å²) in [4.78, 5) is 33.3. The minimum atomic E-state index is -0.328. The normalized spacial score (nSPS) is 16.8. The van der Waals surface area contributed by atoms with Crippen LogP contribution in [0.3, 0.4) is 0 Å². The lowest BCUT2D eigenvalue weighted by Crippen LogP contribution is -2.41. The number of thiophene rings is 1. The number of para-hydroxylation sites is 1. The number of benzene rings is 1. The largest absolute Gasteiger partial charge is 0.448 e. The molecule has 1 aromatic carbocycles. The Kier molecular flexibility index (Phi) is 3.65. The maximum atomic E-state index is 12.9. The average Bonchev–Trinajstić information content (AvgIpc) is 3.29. The van der Waals surface area contributed by atoms with Gasteiger partial charge in [0.1, 0.15) is 17.6 Å². The van der Waals surface area contributed by atoms with Gasteiger partial charge < -0.3 is 9.32 Å². The summed E-state index contributed by atoms with van der Waals surface area (Å²) >= 11 is 1.74. The fourth-order valence-corrected chi connectivity index (χ4v) is 4.78. The number of carbonyl (C=O) groups excluding carboxylic acids is 1. The fourth-order valence-electron chi connectivity index (χ4n) is 3.81. The topological polar surface area (TPSA) is 68.3 Å². The molecule has 1 aliphatic heterocycles. The van der Waals surface area contributed by atoms with Crippen LogP contribution in [0.5, 0.6) is 0 Å². The van der Waals surface area contributed by atoms with E-state index in [1.807, 2.05) is 30.0 Å². The maximum absolute atomic E-state index is 12.9. The van der Waals surface area contributed by atoms with Gasteiger partial charge in [-0.3, -0.25) is 14.2 Å². The summed E-state index contributed by atoms with van der Waals surface area (Å²) in [5, 5.41) is 2.87. The van der Waals surface area contributed by atoms with Gasteiger partial charge in [-0.15, -0.1) is 11.3 Å².